The average Bonchev–Trinajstić information content (AvgIpc) is 3.37. The highest BCUT2D eigenvalue weighted by Gasteiger charge is 2.39. The molecule has 0 aromatic heterocycles. The SMILES string of the molecule is CC1(C)COC(C(=O)N(Cc2ccc(C(N)=O)cc2F)C2CC2)CN1. The zero-order valence-electron chi connectivity index (χ0n) is 14.5. The number of nitrogens with two attached hydrogens (primary N) is 1. The summed E-state index contributed by atoms with van der Waals surface area (Å²) < 4.78 is 20.0. The maximum Gasteiger partial charge on any atom is 0.253 e. The Balaban J connectivity index is 1.72. The topological polar surface area (TPSA) is 84.7 Å². The van der Waals surface area contributed by atoms with Crippen LogP contribution < -0.4 is 11.1 Å². The van der Waals surface area contributed by atoms with Crippen LogP contribution in [0, 0.1) is 5.82 Å². The van der Waals surface area contributed by atoms with Crippen molar-refractivity contribution >= 4 is 11.8 Å². The summed E-state index contributed by atoms with van der Waals surface area (Å²) in [5, 5.41) is 3.30. The molecule has 6 nitrogen and oxygen atoms in total. The van der Waals surface area contributed by atoms with Gasteiger partial charge >= 0.3 is 0 Å². The standard InChI is InChI=1S/C18H24FN3O3/c1-18(2)10-25-15(8-21-18)17(24)22(13-5-6-13)9-12-4-3-11(16(20)23)7-14(12)19/h3-4,7,13,15,21H,5-6,8-10H2,1-2H3,(H2,20,23). The Hall–Kier alpha value is -1.99. The molecule has 0 spiro atoms. The van der Waals surface area contributed by atoms with Crippen molar-refractivity contribution in [2.75, 3.05) is 13.2 Å². The van der Waals surface area contributed by atoms with Gasteiger partial charge < -0.3 is 20.7 Å². The molecule has 1 aliphatic heterocycles. The van der Waals surface area contributed by atoms with Crippen molar-refractivity contribution in [2.24, 2.45) is 5.73 Å². The number of morpholine rings is 1. The van der Waals surface area contributed by atoms with Gasteiger partial charge in [-0.2, -0.15) is 0 Å². The molecule has 1 aromatic carbocycles. The largest absolute Gasteiger partial charge is 0.366 e. The first-order valence-corrected chi connectivity index (χ1v) is 8.52. The second-order valence-corrected chi connectivity index (χ2v) is 7.43. The Morgan fingerprint density at radius 1 is 1.40 bits per heavy atom. The molecule has 1 heterocycles. The summed E-state index contributed by atoms with van der Waals surface area (Å²) in [6.45, 7) is 5.09. The second-order valence-electron chi connectivity index (χ2n) is 7.43. The molecule has 1 aromatic rings. The van der Waals surface area contributed by atoms with Crippen LogP contribution in [0.15, 0.2) is 18.2 Å². The zero-order chi connectivity index (χ0) is 18.2. The molecule has 1 saturated carbocycles. The number of primary amides is 1. The number of rotatable bonds is 5. The van der Waals surface area contributed by atoms with E-state index in [0.29, 0.717) is 18.7 Å². The lowest BCUT2D eigenvalue weighted by Gasteiger charge is -2.37. The average molecular weight is 349 g/mol. The molecule has 136 valence electrons. The van der Waals surface area contributed by atoms with Crippen LogP contribution in [0.4, 0.5) is 4.39 Å². The number of nitrogens with zero attached hydrogens (tertiary/aromatic N) is 1. The van der Waals surface area contributed by atoms with Crippen LogP contribution in [0.25, 0.3) is 0 Å². The van der Waals surface area contributed by atoms with Gasteiger partial charge in [0.1, 0.15) is 11.9 Å². The fourth-order valence-corrected chi connectivity index (χ4v) is 2.92. The number of ether oxygens (including phenoxy) is 1. The smallest absolute Gasteiger partial charge is 0.253 e. The number of hydrogen-bond acceptors (Lipinski definition) is 4. The molecule has 2 fully saturated rings. The second kappa shape index (κ2) is 6.72. The molecule has 1 aliphatic carbocycles. The number of nitrogens with one attached hydrogen (secondary N) is 1. The summed E-state index contributed by atoms with van der Waals surface area (Å²) >= 11 is 0. The molecule has 3 N–H and O–H groups in total. The molecule has 1 saturated heterocycles. The van der Waals surface area contributed by atoms with E-state index < -0.39 is 17.8 Å². The van der Waals surface area contributed by atoms with Gasteiger partial charge in [0.2, 0.25) is 5.91 Å². The molecular weight excluding hydrogens is 325 g/mol. The summed E-state index contributed by atoms with van der Waals surface area (Å²) in [5.41, 5.74) is 5.50. The van der Waals surface area contributed by atoms with Crippen molar-refractivity contribution in [1.29, 1.82) is 0 Å². The minimum absolute atomic E-state index is 0.118. The minimum atomic E-state index is -0.676. The fraction of sp³-hybridized carbons (Fsp3) is 0.556. The first-order valence-electron chi connectivity index (χ1n) is 8.52. The van der Waals surface area contributed by atoms with Gasteiger partial charge in [-0.3, -0.25) is 9.59 Å². The molecule has 0 radical (unpaired) electrons. The summed E-state index contributed by atoms with van der Waals surface area (Å²) in [7, 11) is 0. The number of carbonyl (C=O) groups is 2. The summed E-state index contributed by atoms with van der Waals surface area (Å²) in [6, 6.07) is 4.24. The van der Waals surface area contributed by atoms with Gasteiger partial charge in [-0.1, -0.05) is 6.07 Å². The van der Waals surface area contributed by atoms with E-state index in [4.69, 9.17) is 10.5 Å². The van der Waals surface area contributed by atoms with E-state index in [1.54, 1.807) is 4.90 Å². The molecule has 3 rings (SSSR count). The van der Waals surface area contributed by atoms with Gasteiger partial charge in [0.15, 0.2) is 0 Å². The van der Waals surface area contributed by atoms with Crippen LogP contribution in [-0.4, -0.2) is 47.6 Å². The van der Waals surface area contributed by atoms with Crippen LogP contribution in [0.2, 0.25) is 0 Å². The highest BCUT2D eigenvalue weighted by Crippen LogP contribution is 2.30. The van der Waals surface area contributed by atoms with E-state index in [2.05, 4.69) is 5.32 Å². The van der Waals surface area contributed by atoms with E-state index in [9.17, 15) is 14.0 Å². The molecule has 2 aliphatic rings. The van der Waals surface area contributed by atoms with E-state index >= 15 is 0 Å². The van der Waals surface area contributed by atoms with E-state index in [0.717, 1.165) is 18.9 Å². The Bertz CT molecular complexity index is 678. The number of amides is 2. The molecule has 25 heavy (non-hydrogen) atoms. The van der Waals surface area contributed by atoms with Crippen molar-refractivity contribution in [3.63, 3.8) is 0 Å². The third-order valence-corrected chi connectivity index (χ3v) is 4.64. The lowest BCUT2D eigenvalue weighted by Crippen LogP contribution is -2.57. The highest BCUT2D eigenvalue weighted by atomic mass is 19.1. The fourth-order valence-electron chi connectivity index (χ4n) is 2.92. The van der Waals surface area contributed by atoms with Crippen LogP contribution in [0.3, 0.4) is 0 Å². The Morgan fingerprint density at radius 2 is 2.12 bits per heavy atom. The van der Waals surface area contributed by atoms with Gasteiger partial charge in [-0.15, -0.1) is 0 Å². The normalized spacial score (nSPS) is 22.4. The summed E-state index contributed by atoms with van der Waals surface area (Å²) in [6.07, 6.45) is 1.28. The number of halogens is 1. The summed E-state index contributed by atoms with van der Waals surface area (Å²) in [5.74, 6) is -1.33. The lowest BCUT2D eigenvalue weighted by atomic mass is 10.0. The Labute approximate surface area is 146 Å². The lowest BCUT2D eigenvalue weighted by molar-refractivity contribution is -0.149. The molecule has 1 unspecified atom stereocenters. The monoisotopic (exact) mass is 349 g/mol. The maximum absolute atomic E-state index is 14.3. The van der Waals surface area contributed by atoms with E-state index in [-0.39, 0.29) is 29.6 Å². The maximum atomic E-state index is 14.3. The zero-order valence-corrected chi connectivity index (χ0v) is 14.5. The third-order valence-electron chi connectivity index (χ3n) is 4.64. The van der Waals surface area contributed by atoms with Crippen molar-refractivity contribution in [3.05, 3.63) is 35.1 Å². The van der Waals surface area contributed by atoms with Crippen molar-refractivity contribution in [3.8, 4) is 0 Å². The first kappa shape index (κ1) is 17.8. The predicted octanol–water partition coefficient (Wildman–Crippen LogP) is 1.18. The first-order chi connectivity index (χ1) is 11.8. The molecule has 1 atom stereocenters. The molecule has 7 heteroatoms. The quantitative estimate of drug-likeness (QED) is 0.836. The van der Waals surface area contributed by atoms with Gasteiger partial charge in [0.05, 0.1) is 6.61 Å². The van der Waals surface area contributed by atoms with Crippen molar-refractivity contribution in [1.82, 2.24) is 10.2 Å². The van der Waals surface area contributed by atoms with Gasteiger partial charge in [0.25, 0.3) is 5.91 Å². The third kappa shape index (κ3) is 4.16. The number of carbonyl (C=O) groups excluding carboxylic acids is 2. The minimum Gasteiger partial charge on any atom is -0.366 e. The van der Waals surface area contributed by atoms with Crippen LogP contribution in [-0.2, 0) is 16.1 Å². The van der Waals surface area contributed by atoms with Gasteiger partial charge in [-0.05, 0) is 38.8 Å². The van der Waals surface area contributed by atoms with Crippen LogP contribution in [0.5, 0.6) is 0 Å². The number of hydrogen-bond donors (Lipinski definition) is 2. The number of benzene rings is 1. The van der Waals surface area contributed by atoms with Crippen molar-refractivity contribution < 1.29 is 18.7 Å². The van der Waals surface area contributed by atoms with E-state index in [1.807, 2.05) is 13.8 Å². The molecule has 0 bridgehead atoms. The summed E-state index contributed by atoms with van der Waals surface area (Å²) in [4.78, 5) is 25.7. The van der Waals surface area contributed by atoms with Crippen LogP contribution in [0.1, 0.15) is 42.6 Å². The Kier molecular flexibility index (Phi) is 4.79. The van der Waals surface area contributed by atoms with Crippen molar-refractivity contribution in [2.45, 2.75) is 50.9 Å². The van der Waals surface area contributed by atoms with Gasteiger partial charge in [0, 0.05) is 35.8 Å². The highest BCUT2D eigenvalue weighted by molar-refractivity contribution is 5.92. The van der Waals surface area contributed by atoms with E-state index in [1.165, 1.54) is 12.1 Å². The van der Waals surface area contributed by atoms with Crippen LogP contribution >= 0.6 is 0 Å². The molecular formula is C18H24FN3O3. The Morgan fingerprint density at radius 3 is 2.64 bits per heavy atom. The van der Waals surface area contributed by atoms with Gasteiger partial charge in [-0.25, -0.2) is 4.39 Å². The molecule has 2 amide bonds. The predicted molar refractivity (Wildman–Crippen MR) is 90.3 cm³/mol.